The van der Waals surface area contributed by atoms with Gasteiger partial charge in [-0.2, -0.15) is 6.42 Å². The van der Waals surface area contributed by atoms with Gasteiger partial charge in [-0.05, 0) is 80.0 Å². The van der Waals surface area contributed by atoms with Gasteiger partial charge in [0.15, 0.2) is 0 Å². The first-order valence-electron chi connectivity index (χ1n) is 18.5. The molecule has 16 unspecified atom stereocenters. The van der Waals surface area contributed by atoms with Crippen molar-refractivity contribution in [3.05, 3.63) is 6.42 Å². The monoisotopic (exact) mass is 705 g/mol. The van der Waals surface area contributed by atoms with Crippen LogP contribution in [0.4, 0.5) is 0 Å². The van der Waals surface area contributed by atoms with Crippen molar-refractivity contribution < 1.29 is 36.3 Å². The molecule has 264 valence electrons. The Morgan fingerprint density at radius 3 is 0.957 bits per heavy atom. The molecule has 9 rings (SSSR count). The van der Waals surface area contributed by atoms with E-state index in [0.29, 0.717) is 61.2 Å². The fourth-order valence-corrected chi connectivity index (χ4v) is 11.7. The predicted octanol–water partition coefficient (Wildman–Crippen LogP) is 1.49. The topological polar surface area (TPSA) is 174 Å². The van der Waals surface area contributed by atoms with Gasteiger partial charge in [0.25, 0.3) is 0 Å². The molecule has 46 heavy (non-hydrogen) atoms. The van der Waals surface area contributed by atoms with Gasteiger partial charge >= 0.3 is 7.82 Å². The van der Waals surface area contributed by atoms with Crippen LogP contribution in [0.5, 0.6) is 0 Å². The maximum atomic E-state index is 8.88. The molecule has 4 aliphatic carbocycles. The van der Waals surface area contributed by atoms with Crippen molar-refractivity contribution >= 4 is 7.82 Å². The average Bonchev–Trinajstić information content (AvgIpc) is 3.76. The predicted molar refractivity (Wildman–Crippen MR) is 171 cm³/mol. The third kappa shape index (κ3) is 7.08. The second-order valence-corrected chi connectivity index (χ2v) is 16.9. The van der Waals surface area contributed by atoms with Crippen LogP contribution in [0.25, 0.3) is 0 Å². The summed E-state index contributed by atoms with van der Waals surface area (Å²) in [4.78, 5) is 21.6. The SMILES string of the molecule is O=P(O)(O)O.[CH-]1CCCC2C3NC(NC4NC(NC5NC(NC6NC(N3)C3CCCCC63)C3CCCCC53)C3CCCCC43)C12.[Fe]. The largest absolute Gasteiger partial charge is 0.466 e. The van der Waals surface area contributed by atoms with Gasteiger partial charge in [-0.15, -0.1) is 5.92 Å². The van der Waals surface area contributed by atoms with E-state index >= 15 is 0 Å². The summed E-state index contributed by atoms with van der Waals surface area (Å²) in [6.45, 7) is 0. The van der Waals surface area contributed by atoms with Crippen LogP contribution < -0.4 is 42.5 Å². The summed E-state index contributed by atoms with van der Waals surface area (Å²) in [6.07, 6.45) is 26.4. The van der Waals surface area contributed by atoms with Crippen LogP contribution in [0.2, 0.25) is 0 Å². The van der Waals surface area contributed by atoms with Crippen LogP contribution in [-0.4, -0.2) is 64.0 Å². The molecule has 9 aliphatic rings. The minimum Gasteiger partial charge on any atom is -0.322 e. The second-order valence-electron chi connectivity index (χ2n) is 15.9. The Labute approximate surface area is 285 Å². The molecule has 12 nitrogen and oxygen atoms in total. The third-order valence-corrected chi connectivity index (χ3v) is 13.6. The third-order valence-electron chi connectivity index (χ3n) is 13.6. The van der Waals surface area contributed by atoms with Crippen LogP contribution in [0.1, 0.15) is 96.3 Å². The van der Waals surface area contributed by atoms with Crippen molar-refractivity contribution in [3.63, 3.8) is 0 Å². The molecule has 0 amide bonds. The molecule has 8 bridgehead atoms. The minimum absolute atomic E-state index is 0. The molecule has 11 N–H and O–H groups in total. The van der Waals surface area contributed by atoms with E-state index in [4.69, 9.17) is 19.2 Å². The summed E-state index contributed by atoms with van der Waals surface area (Å²) >= 11 is 0. The molecule has 0 aromatic heterocycles. The minimum atomic E-state index is -4.64. The molecule has 4 saturated carbocycles. The molecule has 5 heterocycles. The van der Waals surface area contributed by atoms with Gasteiger partial charge in [0.2, 0.25) is 0 Å². The molecule has 9 fully saturated rings. The normalized spacial score (nSPS) is 51.4. The number of hydrogen-bond donors (Lipinski definition) is 11. The molecule has 16 atom stereocenters. The Hall–Kier alpha value is 0.309. The number of phosphoric acid groups is 1. The quantitative estimate of drug-likeness (QED) is 0.0998. The van der Waals surface area contributed by atoms with E-state index in [1.807, 2.05) is 0 Å². The van der Waals surface area contributed by atoms with Gasteiger partial charge in [0.1, 0.15) is 0 Å². The molecule has 0 radical (unpaired) electrons. The molecule has 5 aliphatic heterocycles. The number of nitrogens with one attached hydrogen (secondary N) is 8. The summed E-state index contributed by atoms with van der Waals surface area (Å²) in [5.41, 5.74) is 0. The molecule has 0 spiro atoms. The maximum absolute atomic E-state index is 8.88. The summed E-state index contributed by atoms with van der Waals surface area (Å²) in [5.74, 6) is 5.74. The van der Waals surface area contributed by atoms with Gasteiger partial charge in [-0.3, -0.25) is 42.5 Å². The Morgan fingerprint density at radius 2 is 0.652 bits per heavy atom. The molecule has 0 aromatic carbocycles. The van der Waals surface area contributed by atoms with Crippen molar-refractivity contribution in [2.45, 2.75) is 146 Å². The van der Waals surface area contributed by atoms with Crippen molar-refractivity contribution in [2.24, 2.45) is 47.3 Å². The first kappa shape index (κ1) is 34.7. The van der Waals surface area contributed by atoms with Crippen LogP contribution in [0, 0.1) is 53.8 Å². The zero-order valence-corrected chi connectivity index (χ0v) is 29.0. The smallest absolute Gasteiger partial charge is 0.322 e. The summed E-state index contributed by atoms with van der Waals surface area (Å²) < 4.78 is 8.88. The molecule has 0 aromatic rings. The fraction of sp³-hybridized carbons (Fsp3) is 0.969. The van der Waals surface area contributed by atoms with Gasteiger partial charge in [-0.1, -0.05) is 51.4 Å². The first-order chi connectivity index (χ1) is 21.8. The number of hydrogen-bond acceptors (Lipinski definition) is 9. The Bertz CT molecular complexity index is 876. The Kier molecular flexibility index (Phi) is 11.0. The van der Waals surface area contributed by atoms with E-state index in [0.717, 1.165) is 35.5 Å². The van der Waals surface area contributed by atoms with Crippen LogP contribution >= 0.6 is 7.82 Å². The first-order valence-corrected chi connectivity index (χ1v) is 20.1. The Morgan fingerprint density at radius 1 is 0.413 bits per heavy atom. The summed E-state index contributed by atoms with van der Waals surface area (Å²) in [7, 11) is -4.64. The summed E-state index contributed by atoms with van der Waals surface area (Å²) in [5, 5.41) is 33.7. The maximum Gasteiger partial charge on any atom is 0.466 e. The van der Waals surface area contributed by atoms with Gasteiger partial charge in [0.05, 0.1) is 43.2 Å². The zero-order chi connectivity index (χ0) is 30.7. The molecular formula is C32H58FeN8O4P-. The molecular weight excluding hydrogens is 647 g/mol. The Balaban J connectivity index is 0.000000526. The van der Waals surface area contributed by atoms with E-state index in [1.165, 1.54) is 96.3 Å². The zero-order valence-electron chi connectivity index (χ0n) is 27.0. The van der Waals surface area contributed by atoms with Crippen LogP contribution in [0.15, 0.2) is 0 Å². The van der Waals surface area contributed by atoms with Crippen molar-refractivity contribution in [2.75, 3.05) is 0 Å². The average molecular weight is 706 g/mol. The van der Waals surface area contributed by atoms with Gasteiger partial charge in [-0.25, -0.2) is 4.57 Å². The fourth-order valence-electron chi connectivity index (χ4n) is 11.7. The van der Waals surface area contributed by atoms with E-state index in [9.17, 15) is 0 Å². The van der Waals surface area contributed by atoms with Crippen molar-refractivity contribution in [1.82, 2.24) is 42.5 Å². The molecule has 14 heteroatoms. The number of rotatable bonds is 0. The number of fused-ring (bicyclic) bond motifs is 20. The van der Waals surface area contributed by atoms with E-state index in [-0.39, 0.29) is 17.1 Å². The summed E-state index contributed by atoms with van der Waals surface area (Å²) in [6, 6.07) is 0. The van der Waals surface area contributed by atoms with Crippen molar-refractivity contribution in [1.29, 1.82) is 0 Å². The van der Waals surface area contributed by atoms with E-state index in [2.05, 4.69) is 49.0 Å². The van der Waals surface area contributed by atoms with E-state index < -0.39 is 7.82 Å². The second kappa shape index (κ2) is 14.5. The standard InChI is InChI=1S/C32H55N8.Fe.H3O4P/c1-2-10-18-17(9-1)25-33-26(18)38-28-21-13-5-6-14-22(21)30(35-28)40-32-24-16-8-7-15-23(24)31(36-32)39-29-20-12-4-3-11-19(20)27(34-29)37-25;;1-5(2,3)4/h9,17-40H,1-8,10-16H2;;(H3,1,2,3,4)/q-1;;. The van der Waals surface area contributed by atoms with Crippen LogP contribution in [-0.2, 0) is 21.6 Å². The molecule has 5 saturated heterocycles. The van der Waals surface area contributed by atoms with Gasteiger partial charge in [0, 0.05) is 23.2 Å². The van der Waals surface area contributed by atoms with Crippen molar-refractivity contribution in [3.8, 4) is 0 Å². The van der Waals surface area contributed by atoms with Crippen LogP contribution in [0.3, 0.4) is 0 Å². The van der Waals surface area contributed by atoms with E-state index in [1.54, 1.807) is 0 Å². The van der Waals surface area contributed by atoms with Gasteiger partial charge < -0.3 is 21.1 Å².